The number of pyridine rings is 1. The summed E-state index contributed by atoms with van der Waals surface area (Å²) < 4.78 is 25.9. The lowest BCUT2D eigenvalue weighted by Gasteiger charge is -2.33. The van der Waals surface area contributed by atoms with Gasteiger partial charge < -0.3 is 10.6 Å². The Bertz CT molecular complexity index is 388. The van der Waals surface area contributed by atoms with E-state index in [-0.39, 0.29) is 25.9 Å². The van der Waals surface area contributed by atoms with E-state index < -0.39 is 5.92 Å². The van der Waals surface area contributed by atoms with Crippen LogP contribution in [0, 0.1) is 0 Å². The van der Waals surface area contributed by atoms with Crippen molar-refractivity contribution < 1.29 is 8.78 Å². The van der Waals surface area contributed by atoms with Crippen LogP contribution in [0.3, 0.4) is 0 Å². The van der Waals surface area contributed by atoms with E-state index in [0.717, 1.165) is 0 Å². The first-order chi connectivity index (χ1) is 7.48. The van der Waals surface area contributed by atoms with Gasteiger partial charge in [0.15, 0.2) is 5.82 Å². The van der Waals surface area contributed by atoms with Crippen LogP contribution in [-0.4, -0.2) is 24.0 Å². The summed E-state index contributed by atoms with van der Waals surface area (Å²) in [5.41, 5.74) is 6.20. The number of alkyl halides is 2. The third-order valence-electron chi connectivity index (χ3n) is 2.67. The molecule has 0 aliphatic carbocycles. The lowest BCUT2D eigenvalue weighted by Crippen LogP contribution is -2.40. The molecule has 1 saturated heterocycles. The lowest BCUT2D eigenvalue weighted by molar-refractivity contribution is -0.0221. The molecular weight excluding hydrogens is 236 g/mol. The summed E-state index contributed by atoms with van der Waals surface area (Å²) in [6, 6.07) is 3.22. The SMILES string of the molecule is Nc1ccc(Cl)nc1N1CCC(F)(F)CC1. The summed E-state index contributed by atoms with van der Waals surface area (Å²) in [6.45, 7) is 0.509. The second-order valence-electron chi connectivity index (χ2n) is 3.89. The van der Waals surface area contributed by atoms with Gasteiger partial charge in [0, 0.05) is 25.9 Å². The molecule has 0 spiro atoms. The van der Waals surface area contributed by atoms with E-state index >= 15 is 0 Å². The lowest BCUT2D eigenvalue weighted by atomic mass is 10.1. The van der Waals surface area contributed by atoms with E-state index in [1.54, 1.807) is 17.0 Å². The van der Waals surface area contributed by atoms with Crippen LogP contribution in [0.2, 0.25) is 5.15 Å². The minimum atomic E-state index is -2.57. The van der Waals surface area contributed by atoms with E-state index in [1.165, 1.54) is 0 Å². The van der Waals surface area contributed by atoms with Gasteiger partial charge in [-0.25, -0.2) is 13.8 Å². The summed E-state index contributed by atoms with van der Waals surface area (Å²) in [5, 5.41) is 0.321. The minimum Gasteiger partial charge on any atom is -0.396 e. The van der Waals surface area contributed by atoms with Crippen LogP contribution >= 0.6 is 11.6 Å². The van der Waals surface area contributed by atoms with Gasteiger partial charge in [0.2, 0.25) is 0 Å². The third kappa shape index (κ3) is 2.35. The van der Waals surface area contributed by atoms with Gasteiger partial charge in [0.25, 0.3) is 5.92 Å². The summed E-state index contributed by atoms with van der Waals surface area (Å²) in [5.74, 6) is -2.06. The molecule has 1 aliphatic rings. The first kappa shape index (κ1) is 11.4. The fraction of sp³-hybridized carbons (Fsp3) is 0.500. The largest absolute Gasteiger partial charge is 0.396 e. The highest BCUT2D eigenvalue weighted by molar-refractivity contribution is 6.29. The second kappa shape index (κ2) is 4.05. The Morgan fingerprint density at radius 3 is 2.56 bits per heavy atom. The number of nitrogen functional groups attached to an aromatic ring is 1. The number of nitrogens with zero attached hydrogens (tertiary/aromatic N) is 2. The highest BCUT2D eigenvalue weighted by atomic mass is 35.5. The van der Waals surface area contributed by atoms with Crippen molar-refractivity contribution in [3.8, 4) is 0 Å². The zero-order valence-corrected chi connectivity index (χ0v) is 9.34. The molecule has 0 atom stereocenters. The summed E-state index contributed by atoms with van der Waals surface area (Å²) >= 11 is 5.75. The molecule has 0 unspecified atom stereocenters. The highest BCUT2D eigenvalue weighted by Gasteiger charge is 2.34. The number of piperidine rings is 1. The molecule has 0 bridgehead atoms. The Hall–Kier alpha value is -1.10. The Morgan fingerprint density at radius 2 is 1.94 bits per heavy atom. The van der Waals surface area contributed by atoms with E-state index in [1.807, 2.05) is 0 Å². The maximum atomic E-state index is 13.0. The van der Waals surface area contributed by atoms with Gasteiger partial charge in [0.05, 0.1) is 5.69 Å². The predicted octanol–water partition coefficient (Wildman–Crippen LogP) is 2.55. The van der Waals surface area contributed by atoms with Gasteiger partial charge in [-0.3, -0.25) is 0 Å². The normalized spacial score (nSPS) is 19.8. The Labute approximate surface area is 97.2 Å². The van der Waals surface area contributed by atoms with Crippen molar-refractivity contribution in [3.05, 3.63) is 17.3 Å². The highest BCUT2D eigenvalue weighted by Crippen LogP contribution is 2.32. The first-order valence-electron chi connectivity index (χ1n) is 5.03. The van der Waals surface area contributed by atoms with E-state index in [2.05, 4.69) is 4.98 Å². The van der Waals surface area contributed by atoms with Gasteiger partial charge in [0.1, 0.15) is 5.15 Å². The van der Waals surface area contributed by atoms with Crippen molar-refractivity contribution in [2.75, 3.05) is 23.7 Å². The number of nitrogens with two attached hydrogens (primary N) is 1. The predicted molar refractivity (Wildman–Crippen MR) is 60.1 cm³/mol. The first-order valence-corrected chi connectivity index (χ1v) is 5.40. The zero-order valence-electron chi connectivity index (χ0n) is 8.59. The summed E-state index contributed by atoms with van der Waals surface area (Å²) in [4.78, 5) is 5.81. The van der Waals surface area contributed by atoms with Crippen LogP contribution in [0.15, 0.2) is 12.1 Å². The molecule has 0 amide bonds. The standard InChI is InChI=1S/C10H12ClF2N3/c11-8-2-1-7(14)9(15-8)16-5-3-10(12,13)4-6-16/h1-2H,3-6,14H2. The van der Waals surface area contributed by atoms with Crippen molar-refractivity contribution in [1.82, 2.24) is 4.98 Å². The zero-order chi connectivity index (χ0) is 11.8. The second-order valence-corrected chi connectivity index (χ2v) is 4.28. The topological polar surface area (TPSA) is 42.1 Å². The number of aromatic nitrogens is 1. The third-order valence-corrected chi connectivity index (χ3v) is 2.88. The van der Waals surface area contributed by atoms with Crippen LogP contribution in [0.1, 0.15) is 12.8 Å². The molecular formula is C10H12ClF2N3. The fourth-order valence-corrected chi connectivity index (χ4v) is 1.88. The quantitative estimate of drug-likeness (QED) is 0.776. The minimum absolute atomic E-state index is 0.166. The average molecular weight is 248 g/mol. The van der Waals surface area contributed by atoms with Gasteiger partial charge >= 0.3 is 0 Å². The van der Waals surface area contributed by atoms with E-state index in [0.29, 0.717) is 16.7 Å². The molecule has 0 radical (unpaired) electrons. The Morgan fingerprint density at radius 1 is 1.31 bits per heavy atom. The van der Waals surface area contributed by atoms with Crippen LogP contribution in [0.5, 0.6) is 0 Å². The molecule has 16 heavy (non-hydrogen) atoms. The molecule has 6 heteroatoms. The molecule has 3 nitrogen and oxygen atoms in total. The molecule has 1 aromatic rings. The number of hydrogen-bond acceptors (Lipinski definition) is 3. The van der Waals surface area contributed by atoms with E-state index in [9.17, 15) is 8.78 Å². The molecule has 1 fully saturated rings. The van der Waals surface area contributed by atoms with Crippen LogP contribution in [0.25, 0.3) is 0 Å². The Balaban J connectivity index is 2.17. The van der Waals surface area contributed by atoms with Crippen molar-refractivity contribution in [2.45, 2.75) is 18.8 Å². The van der Waals surface area contributed by atoms with Gasteiger partial charge in [-0.15, -0.1) is 0 Å². The molecule has 2 N–H and O–H groups in total. The van der Waals surface area contributed by atoms with Gasteiger partial charge in [-0.05, 0) is 12.1 Å². The number of anilines is 2. The van der Waals surface area contributed by atoms with Crippen molar-refractivity contribution in [1.29, 1.82) is 0 Å². The number of rotatable bonds is 1. The molecule has 1 aromatic heterocycles. The maximum Gasteiger partial charge on any atom is 0.251 e. The van der Waals surface area contributed by atoms with Gasteiger partial charge in [-0.2, -0.15) is 0 Å². The van der Waals surface area contributed by atoms with Crippen LogP contribution in [-0.2, 0) is 0 Å². The molecule has 2 rings (SSSR count). The Kier molecular flexibility index (Phi) is 2.88. The summed E-state index contributed by atoms with van der Waals surface area (Å²) in [7, 11) is 0. The molecule has 88 valence electrons. The van der Waals surface area contributed by atoms with Crippen LogP contribution < -0.4 is 10.6 Å². The molecule has 0 aromatic carbocycles. The van der Waals surface area contributed by atoms with Crippen molar-refractivity contribution >= 4 is 23.1 Å². The summed E-state index contributed by atoms with van der Waals surface area (Å²) in [6.07, 6.45) is -0.332. The smallest absolute Gasteiger partial charge is 0.251 e. The van der Waals surface area contributed by atoms with Gasteiger partial charge in [-0.1, -0.05) is 11.6 Å². The van der Waals surface area contributed by atoms with Crippen molar-refractivity contribution in [2.24, 2.45) is 0 Å². The number of hydrogen-bond donors (Lipinski definition) is 1. The monoisotopic (exact) mass is 247 g/mol. The number of halogens is 3. The molecule has 1 aliphatic heterocycles. The maximum absolute atomic E-state index is 13.0. The molecule has 0 saturated carbocycles. The fourth-order valence-electron chi connectivity index (χ4n) is 1.74. The van der Waals surface area contributed by atoms with E-state index in [4.69, 9.17) is 17.3 Å². The molecule has 2 heterocycles. The average Bonchev–Trinajstić information content (AvgIpc) is 2.22. The van der Waals surface area contributed by atoms with Crippen LogP contribution in [0.4, 0.5) is 20.3 Å². The van der Waals surface area contributed by atoms with Crippen molar-refractivity contribution in [3.63, 3.8) is 0 Å².